The van der Waals surface area contributed by atoms with Gasteiger partial charge in [-0.2, -0.15) is 5.10 Å². The molecule has 0 aliphatic carbocycles. The number of carbonyl (C=O) groups excluding carboxylic acids is 1. The predicted molar refractivity (Wildman–Crippen MR) is 137 cm³/mol. The Kier molecular flexibility index (Phi) is 7.59. The van der Waals surface area contributed by atoms with Crippen LogP contribution in [0.25, 0.3) is 17.1 Å². The molecule has 0 saturated carbocycles. The van der Waals surface area contributed by atoms with Crippen LogP contribution in [0.5, 0.6) is 0 Å². The van der Waals surface area contributed by atoms with Gasteiger partial charge >= 0.3 is 0 Å². The molecule has 0 aliphatic heterocycles. The average Bonchev–Trinajstić information content (AvgIpc) is 3.24. The van der Waals surface area contributed by atoms with Gasteiger partial charge in [-0.25, -0.2) is 5.43 Å². The second kappa shape index (κ2) is 10.8. The third kappa shape index (κ3) is 5.90. The summed E-state index contributed by atoms with van der Waals surface area (Å²) < 4.78 is 2.82. The fourth-order valence-electron chi connectivity index (χ4n) is 2.99. The number of aromatic nitrogens is 3. The van der Waals surface area contributed by atoms with E-state index in [0.717, 1.165) is 26.9 Å². The van der Waals surface area contributed by atoms with E-state index in [9.17, 15) is 4.79 Å². The van der Waals surface area contributed by atoms with Crippen LogP contribution in [0.4, 0.5) is 0 Å². The van der Waals surface area contributed by atoms with Crippen molar-refractivity contribution in [2.45, 2.75) is 12.1 Å². The van der Waals surface area contributed by atoms with Crippen LogP contribution in [0.3, 0.4) is 0 Å². The summed E-state index contributed by atoms with van der Waals surface area (Å²) in [6, 6.07) is 23.1. The molecular weight excluding hydrogens is 522 g/mol. The molecule has 1 heterocycles. The summed E-state index contributed by atoms with van der Waals surface area (Å²) in [5.41, 5.74) is 6.37. The van der Waals surface area contributed by atoms with E-state index >= 15 is 0 Å². The molecule has 0 radical (unpaired) electrons. The van der Waals surface area contributed by atoms with Gasteiger partial charge < -0.3 is 0 Å². The number of amides is 1. The maximum absolute atomic E-state index is 12.4. The van der Waals surface area contributed by atoms with Crippen LogP contribution in [-0.4, -0.2) is 32.6 Å². The number of nitrogens with zero attached hydrogens (tertiary/aromatic N) is 4. The Bertz CT molecular complexity index is 1290. The van der Waals surface area contributed by atoms with Crippen molar-refractivity contribution in [1.82, 2.24) is 20.2 Å². The average molecular weight is 541 g/mol. The first-order valence-corrected chi connectivity index (χ1v) is 12.1. The van der Waals surface area contributed by atoms with Gasteiger partial charge in [0.15, 0.2) is 11.0 Å². The quantitative estimate of drug-likeness (QED) is 0.180. The van der Waals surface area contributed by atoms with Gasteiger partial charge in [0, 0.05) is 26.3 Å². The summed E-state index contributed by atoms with van der Waals surface area (Å²) in [6.07, 6.45) is 1.60. The van der Waals surface area contributed by atoms with Crippen LogP contribution in [0.1, 0.15) is 11.1 Å². The van der Waals surface area contributed by atoms with Gasteiger partial charge in [0.2, 0.25) is 0 Å². The number of benzene rings is 3. The van der Waals surface area contributed by atoms with Gasteiger partial charge in [0.25, 0.3) is 5.91 Å². The first-order chi connectivity index (χ1) is 16.0. The molecule has 1 aromatic heterocycles. The normalized spacial score (nSPS) is 11.1. The molecule has 4 rings (SSSR count). The summed E-state index contributed by atoms with van der Waals surface area (Å²) in [5, 5.41) is 14.0. The zero-order chi connectivity index (χ0) is 23.2. The molecule has 0 aliphatic rings. The van der Waals surface area contributed by atoms with Crippen LogP contribution in [0.2, 0.25) is 5.02 Å². The maximum Gasteiger partial charge on any atom is 0.250 e. The smallest absolute Gasteiger partial charge is 0.250 e. The summed E-state index contributed by atoms with van der Waals surface area (Å²) >= 11 is 10.8. The lowest BCUT2D eigenvalue weighted by atomic mass is 10.1. The summed E-state index contributed by atoms with van der Waals surface area (Å²) in [4.78, 5) is 12.4. The first-order valence-electron chi connectivity index (χ1n) is 9.99. The molecule has 166 valence electrons. The molecule has 3 aromatic carbocycles. The fraction of sp³-hybridized carbons (Fsp3) is 0.0833. The second-order valence-corrected chi connectivity index (χ2v) is 9.32. The minimum Gasteiger partial charge on any atom is -0.272 e. The van der Waals surface area contributed by atoms with Gasteiger partial charge in [-0.05, 0) is 37.3 Å². The van der Waals surface area contributed by atoms with E-state index in [1.54, 1.807) is 6.21 Å². The topological polar surface area (TPSA) is 72.2 Å². The van der Waals surface area contributed by atoms with Crippen molar-refractivity contribution in [1.29, 1.82) is 0 Å². The number of aryl methyl sites for hydroxylation is 1. The van der Waals surface area contributed by atoms with Crippen LogP contribution in [0, 0.1) is 6.92 Å². The number of hydrogen-bond acceptors (Lipinski definition) is 5. The Labute approximate surface area is 209 Å². The molecule has 9 heteroatoms. The highest BCUT2D eigenvalue weighted by atomic mass is 79.9. The second-order valence-electron chi connectivity index (χ2n) is 7.09. The molecule has 0 unspecified atom stereocenters. The van der Waals surface area contributed by atoms with E-state index < -0.39 is 0 Å². The molecule has 1 N–H and O–H groups in total. The van der Waals surface area contributed by atoms with Crippen LogP contribution >= 0.6 is 39.3 Å². The van der Waals surface area contributed by atoms with Crippen molar-refractivity contribution in [2.24, 2.45) is 5.10 Å². The predicted octanol–water partition coefficient (Wildman–Crippen LogP) is 5.90. The van der Waals surface area contributed by atoms with Crippen LogP contribution in [0.15, 0.2) is 87.5 Å². The first kappa shape index (κ1) is 23.2. The number of nitrogens with one attached hydrogen (secondary N) is 1. The van der Waals surface area contributed by atoms with E-state index in [1.807, 2.05) is 84.3 Å². The van der Waals surface area contributed by atoms with Crippen molar-refractivity contribution in [3.63, 3.8) is 0 Å². The van der Waals surface area contributed by atoms with Crippen LogP contribution < -0.4 is 5.43 Å². The van der Waals surface area contributed by atoms with E-state index in [2.05, 4.69) is 36.7 Å². The summed E-state index contributed by atoms with van der Waals surface area (Å²) in [6.45, 7) is 2.03. The van der Waals surface area contributed by atoms with Gasteiger partial charge in [-0.1, -0.05) is 87.3 Å². The van der Waals surface area contributed by atoms with Gasteiger partial charge in [0.1, 0.15) is 0 Å². The van der Waals surface area contributed by atoms with E-state index in [0.29, 0.717) is 16.0 Å². The standard InChI is InChI=1S/C24H19BrClN5OS/c1-16-6-8-17(9-7-16)23-29-30-24(31(23)20-12-10-19(26)11-13-20)33-15-22(32)28-27-14-18-4-2-3-5-21(18)25/h2-14H,15H2,1H3,(H,28,32)/b27-14-. The van der Waals surface area contributed by atoms with E-state index in [-0.39, 0.29) is 11.7 Å². The van der Waals surface area contributed by atoms with Gasteiger partial charge in [-0.3, -0.25) is 9.36 Å². The van der Waals surface area contributed by atoms with Crippen molar-refractivity contribution >= 4 is 51.4 Å². The Morgan fingerprint density at radius 3 is 2.55 bits per heavy atom. The lowest BCUT2D eigenvalue weighted by Crippen LogP contribution is -2.20. The third-order valence-corrected chi connectivity index (χ3v) is 6.56. The minimum atomic E-state index is -0.245. The van der Waals surface area contributed by atoms with Gasteiger partial charge in [0.05, 0.1) is 12.0 Å². The minimum absolute atomic E-state index is 0.132. The zero-order valence-corrected chi connectivity index (χ0v) is 20.7. The Hall–Kier alpha value is -2.94. The highest BCUT2D eigenvalue weighted by molar-refractivity contribution is 9.10. The molecule has 0 fully saturated rings. The summed E-state index contributed by atoms with van der Waals surface area (Å²) in [7, 11) is 0. The lowest BCUT2D eigenvalue weighted by molar-refractivity contribution is -0.118. The highest BCUT2D eigenvalue weighted by Gasteiger charge is 2.17. The number of halogens is 2. The Morgan fingerprint density at radius 1 is 1.09 bits per heavy atom. The molecule has 33 heavy (non-hydrogen) atoms. The molecule has 6 nitrogen and oxygen atoms in total. The van der Waals surface area contributed by atoms with Crippen molar-refractivity contribution in [3.8, 4) is 17.1 Å². The van der Waals surface area contributed by atoms with Crippen molar-refractivity contribution in [2.75, 3.05) is 5.75 Å². The van der Waals surface area contributed by atoms with Gasteiger partial charge in [-0.15, -0.1) is 10.2 Å². The highest BCUT2D eigenvalue weighted by Crippen LogP contribution is 2.28. The van der Waals surface area contributed by atoms with Crippen molar-refractivity contribution < 1.29 is 4.79 Å². The molecule has 0 atom stereocenters. The number of thioether (sulfide) groups is 1. The Morgan fingerprint density at radius 2 is 1.82 bits per heavy atom. The fourth-order valence-corrected chi connectivity index (χ4v) is 4.25. The molecule has 4 aromatic rings. The van der Waals surface area contributed by atoms with E-state index in [4.69, 9.17) is 11.6 Å². The number of hydrogen-bond donors (Lipinski definition) is 1. The largest absolute Gasteiger partial charge is 0.272 e. The maximum atomic E-state index is 12.4. The Balaban J connectivity index is 1.52. The molecule has 0 saturated heterocycles. The number of rotatable bonds is 7. The third-order valence-electron chi connectivity index (χ3n) is 4.66. The SMILES string of the molecule is Cc1ccc(-c2nnc(SCC(=O)N/N=C\c3ccccc3Br)n2-c2ccc(Cl)cc2)cc1. The molecule has 0 spiro atoms. The monoisotopic (exact) mass is 539 g/mol. The van der Waals surface area contributed by atoms with E-state index in [1.165, 1.54) is 11.8 Å². The number of hydrazone groups is 1. The molecule has 1 amide bonds. The molecular formula is C24H19BrClN5OS. The summed E-state index contributed by atoms with van der Waals surface area (Å²) in [5.74, 6) is 0.574. The zero-order valence-electron chi connectivity index (χ0n) is 17.6. The van der Waals surface area contributed by atoms with Crippen molar-refractivity contribution in [3.05, 3.63) is 93.4 Å². The molecule has 0 bridgehead atoms. The lowest BCUT2D eigenvalue weighted by Gasteiger charge is -2.10. The number of carbonyl (C=O) groups is 1. The van der Waals surface area contributed by atoms with Crippen LogP contribution in [-0.2, 0) is 4.79 Å².